The van der Waals surface area contributed by atoms with E-state index in [1.54, 1.807) is 19.1 Å². The molecule has 0 radical (unpaired) electrons. The summed E-state index contributed by atoms with van der Waals surface area (Å²) in [6.45, 7) is 4.98. The summed E-state index contributed by atoms with van der Waals surface area (Å²) in [6, 6.07) is 12.2. The molecule has 2 aromatic carbocycles. The zero-order chi connectivity index (χ0) is 21.7. The van der Waals surface area contributed by atoms with E-state index in [0.29, 0.717) is 37.6 Å². The van der Waals surface area contributed by atoms with Gasteiger partial charge in [-0.1, -0.05) is 28.1 Å². The summed E-state index contributed by atoms with van der Waals surface area (Å²) >= 11 is 3.39. The third kappa shape index (κ3) is 5.60. The first kappa shape index (κ1) is 22.7. The molecule has 1 unspecified atom stereocenters. The summed E-state index contributed by atoms with van der Waals surface area (Å²) in [5.74, 6) is 0.220. The van der Waals surface area contributed by atoms with Crippen LogP contribution in [0.1, 0.15) is 24.1 Å². The molecule has 1 heterocycles. The predicted octanol–water partition coefficient (Wildman–Crippen LogP) is 3.03. The number of nitrogens with zero attached hydrogens (tertiary/aromatic N) is 1. The molecule has 7 nitrogen and oxygen atoms in total. The molecule has 0 aromatic heterocycles. The van der Waals surface area contributed by atoms with Crippen molar-refractivity contribution in [3.05, 3.63) is 58.1 Å². The zero-order valence-electron chi connectivity index (χ0n) is 16.9. The van der Waals surface area contributed by atoms with Crippen molar-refractivity contribution in [2.45, 2.75) is 24.8 Å². The lowest BCUT2D eigenvalue weighted by molar-refractivity contribution is -0.123. The molecule has 1 fully saturated rings. The van der Waals surface area contributed by atoms with Gasteiger partial charge in [-0.25, -0.2) is 8.42 Å². The topological polar surface area (TPSA) is 84.9 Å². The van der Waals surface area contributed by atoms with Gasteiger partial charge in [0.2, 0.25) is 10.0 Å². The lowest BCUT2D eigenvalue weighted by Gasteiger charge is -2.26. The minimum absolute atomic E-state index is 0.155. The highest BCUT2D eigenvalue weighted by Gasteiger charge is 2.26. The second kappa shape index (κ2) is 9.91. The first-order valence-electron chi connectivity index (χ1n) is 9.63. The molecule has 0 bridgehead atoms. The summed E-state index contributed by atoms with van der Waals surface area (Å²) in [7, 11) is -3.57. The Bertz CT molecular complexity index is 989. The van der Waals surface area contributed by atoms with Gasteiger partial charge in [0.1, 0.15) is 5.75 Å². The highest BCUT2D eigenvalue weighted by Crippen LogP contribution is 2.24. The molecule has 1 aliphatic heterocycles. The fourth-order valence-corrected chi connectivity index (χ4v) is 4.90. The molecule has 30 heavy (non-hydrogen) atoms. The normalized spacial score (nSPS) is 16.1. The molecular weight excluding hydrogens is 472 g/mol. The van der Waals surface area contributed by atoms with E-state index in [1.807, 2.05) is 31.2 Å². The number of ether oxygens (including phenoxy) is 2. The van der Waals surface area contributed by atoms with Gasteiger partial charge in [0, 0.05) is 17.6 Å². The molecule has 0 spiro atoms. The van der Waals surface area contributed by atoms with Crippen LogP contribution in [0.3, 0.4) is 0 Å². The highest BCUT2D eigenvalue weighted by molar-refractivity contribution is 9.10. The van der Waals surface area contributed by atoms with Crippen molar-refractivity contribution in [1.29, 1.82) is 0 Å². The second-order valence-corrected chi connectivity index (χ2v) is 9.93. The maximum atomic E-state index is 12.8. The van der Waals surface area contributed by atoms with Crippen LogP contribution >= 0.6 is 15.9 Å². The van der Waals surface area contributed by atoms with Crippen LogP contribution in [0, 0.1) is 6.92 Å². The predicted molar refractivity (Wildman–Crippen MR) is 117 cm³/mol. The Hall–Kier alpha value is -1.94. The van der Waals surface area contributed by atoms with Gasteiger partial charge in [-0.3, -0.25) is 4.79 Å². The van der Waals surface area contributed by atoms with E-state index in [2.05, 4.69) is 21.2 Å². The highest BCUT2D eigenvalue weighted by atomic mass is 79.9. The van der Waals surface area contributed by atoms with Crippen molar-refractivity contribution in [3.8, 4) is 5.75 Å². The van der Waals surface area contributed by atoms with Gasteiger partial charge in [-0.05, 0) is 55.3 Å². The maximum Gasteiger partial charge on any atom is 0.258 e. The van der Waals surface area contributed by atoms with Gasteiger partial charge in [0.05, 0.1) is 24.2 Å². The minimum atomic E-state index is -3.57. The standard InChI is InChI=1S/C21H25BrN2O5S/c1-15-13-19(30(26,27)24-9-11-28-12-10-24)7-8-20(15)29-14-21(25)23-16(2)17-3-5-18(22)6-4-17/h3-8,13,16H,9-12,14H2,1-2H3,(H,23,25). The maximum absolute atomic E-state index is 12.8. The number of rotatable bonds is 7. The second-order valence-electron chi connectivity index (χ2n) is 7.07. The number of benzene rings is 2. The van der Waals surface area contributed by atoms with Gasteiger partial charge in [0.15, 0.2) is 6.61 Å². The Morgan fingerprint density at radius 2 is 1.87 bits per heavy atom. The first-order chi connectivity index (χ1) is 14.3. The van der Waals surface area contributed by atoms with Crippen molar-refractivity contribution >= 4 is 31.9 Å². The van der Waals surface area contributed by atoms with Crippen molar-refractivity contribution < 1.29 is 22.7 Å². The van der Waals surface area contributed by atoms with Gasteiger partial charge < -0.3 is 14.8 Å². The zero-order valence-corrected chi connectivity index (χ0v) is 19.3. The molecule has 0 saturated carbocycles. The van der Waals surface area contributed by atoms with Crippen molar-refractivity contribution in [2.75, 3.05) is 32.9 Å². The molecule has 2 aromatic rings. The van der Waals surface area contributed by atoms with Crippen LogP contribution in [0.25, 0.3) is 0 Å². The van der Waals surface area contributed by atoms with Crippen LogP contribution < -0.4 is 10.1 Å². The summed E-state index contributed by atoms with van der Waals surface area (Å²) < 4.78 is 38.7. The molecule has 1 atom stereocenters. The average Bonchev–Trinajstić information content (AvgIpc) is 2.73. The van der Waals surface area contributed by atoms with Crippen LogP contribution in [0.5, 0.6) is 5.75 Å². The first-order valence-corrected chi connectivity index (χ1v) is 11.9. The minimum Gasteiger partial charge on any atom is -0.484 e. The third-order valence-electron chi connectivity index (χ3n) is 4.86. The van der Waals surface area contributed by atoms with E-state index in [0.717, 1.165) is 10.0 Å². The molecule has 0 aliphatic carbocycles. The van der Waals surface area contributed by atoms with E-state index in [1.165, 1.54) is 10.4 Å². The number of sulfonamides is 1. The summed E-state index contributed by atoms with van der Waals surface area (Å²) in [4.78, 5) is 12.5. The van der Waals surface area contributed by atoms with Crippen LogP contribution in [0.4, 0.5) is 0 Å². The fraction of sp³-hybridized carbons (Fsp3) is 0.381. The third-order valence-corrected chi connectivity index (χ3v) is 7.28. The van der Waals surface area contributed by atoms with E-state index < -0.39 is 10.0 Å². The monoisotopic (exact) mass is 496 g/mol. The number of hydrogen-bond donors (Lipinski definition) is 1. The summed E-state index contributed by atoms with van der Waals surface area (Å²) in [5, 5.41) is 2.89. The Morgan fingerprint density at radius 3 is 2.50 bits per heavy atom. The number of aryl methyl sites for hydroxylation is 1. The summed E-state index contributed by atoms with van der Waals surface area (Å²) in [6.07, 6.45) is 0. The molecule has 1 N–H and O–H groups in total. The van der Waals surface area contributed by atoms with Gasteiger partial charge >= 0.3 is 0 Å². The number of nitrogens with one attached hydrogen (secondary N) is 1. The number of halogens is 1. The molecule has 3 rings (SSSR count). The number of amides is 1. The van der Waals surface area contributed by atoms with Gasteiger partial charge in [-0.2, -0.15) is 4.31 Å². The number of carbonyl (C=O) groups excluding carboxylic acids is 1. The van der Waals surface area contributed by atoms with Gasteiger partial charge in [-0.15, -0.1) is 0 Å². The SMILES string of the molecule is Cc1cc(S(=O)(=O)N2CCOCC2)ccc1OCC(=O)NC(C)c1ccc(Br)cc1. The fourth-order valence-electron chi connectivity index (χ4n) is 3.14. The lowest BCUT2D eigenvalue weighted by atomic mass is 10.1. The van der Waals surface area contributed by atoms with Crippen LogP contribution in [0.15, 0.2) is 51.8 Å². The Balaban J connectivity index is 1.59. The lowest BCUT2D eigenvalue weighted by Crippen LogP contribution is -2.40. The largest absolute Gasteiger partial charge is 0.484 e. The Labute approximate surface area is 185 Å². The van der Waals surface area contributed by atoms with E-state index in [9.17, 15) is 13.2 Å². The van der Waals surface area contributed by atoms with Crippen LogP contribution in [-0.2, 0) is 19.6 Å². The average molecular weight is 497 g/mol. The van der Waals surface area contributed by atoms with E-state index >= 15 is 0 Å². The molecule has 1 saturated heterocycles. The quantitative estimate of drug-likeness (QED) is 0.636. The Morgan fingerprint density at radius 1 is 1.20 bits per heavy atom. The smallest absolute Gasteiger partial charge is 0.258 e. The van der Waals surface area contributed by atoms with E-state index in [4.69, 9.17) is 9.47 Å². The molecule has 1 aliphatic rings. The summed E-state index contributed by atoms with van der Waals surface area (Å²) in [5.41, 5.74) is 1.64. The number of carbonyl (C=O) groups is 1. The molecular formula is C21H25BrN2O5S. The van der Waals surface area contributed by atoms with Crippen molar-refractivity contribution in [1.82, 2.24) is 9.62 Å². The number of hydrogen-bond acceptors (Lipinski definition) is 5. The Kier molecular flexibility index (Phi) is 7.51. The van der Waals surface area contributed by atoms with Crippen molar-refractivity contribution in [2.24, 2.45) is 0 Å². The molecule has 9 heteroatoms. The number of morpholine rings is 1. The molecule has 162 valence electrons. The van der Waals surface area contributed by atoms with E-state index in [-0.39, 0.29) is 23.5 Å². The molecule has 1 amide bonds. The van der Waals surface area contributed by atoms with Crippen LogP contribution in [0.2, 0.25) is 0 Å². The van der Waals surface area contributed by atoms with Gasteiger partial charge in [0.25, 0.3) is 5.91 Å². The van der Waals surface area contributed by atoms with Crippen LogP contribution in [-0.4, -0.2) is 51.5 Å². The van der Waals surface area contributed by atoms with Crippen molar-refractivity contribution in [3.63, 3.8) is 0 Å².